The van der Waals surface area contributed by atoms with Gasteiger partial charge in [-0.1, -0.05) is 44.2 Å². The number of benzene rings is 1. The van der Waals surface area contributed by atoms with Gasteiger partial charge in [0.15, 0.2) is 0 Å². The maximum Gasteiger partial charge on any atom is 0.0960 e. The number of hydrogen-bond acceptors (Lipinski definition) is 3. The number of nitrogens with zero attached hydrogens (tertiary/aromatic N) is 1. The first-order chi connectivity index (χ1) is 7.72. The fourth-order valence-corrected chi connectivity index (χ4v) is 2.67. The summed E-state index contributed by atoms with van der Waals surface area (Å²) in [7, 11) is 0. The summed E-state index contributed by atoms with van der Waals surface area (Å²) in [6.45, 7) is 4.83. The molecule has 1 aromatic carbocycles. The lowest BCUT2D eigenvalue weighted by molar-refractivity contribution is 0.837. The largest absolute Gasteiger partial charge is 0.325 e. The SMILES string of the molecule is CC(C)c1nc(CN)c(-c2ccccc2)s1. The van der Waals surface area contributed by atoms with Gasteiger partial charge in [-0.25, -0.2) is 4.98 Å². The lowest BCUT2D eigenvalue weighted by Gasteiger charge is -1.98. The minimum absolute atomic E-state index is 0.466. The first-order valence-electron chi connectivity index (χ1n) is 5.47. The highest BCUT2D eigenvalue weighted by Gasteiger charge is 2.13. The lowest BCUT2D eigenvalue weighted by atomic mass is 10.1. The van der Waals surface area contributed by atoms with E-state index in [4.69, 9.17) is 5.73 Å². The predicted molar refractivity (Wildman–Crippen MR) is 69.5 cm³/mol. The summed E-state index contributed by atoms with van der Waals surface area (Å²) in [5, 5.41) is 1.17. The molecule has 2 aromatic rings. The van der Waals surface area contributed by atoms with E-state index < -0.39 is 0 Å². The van der Waals surface area contributed by atoms with E-state index in [0.717, 1.165) is 5.69 Å². The molecule has 0 bridgehead atoms. The number of rotatable bonds is 3. The van der Waals surface area contributed by atoms with Crippen LogP contribution in [-0.4, -0.2) is 4.98 Å². The van der Waals surface area contributed by atoms with E-state index in [-0.39, 0.29) is 0 Å². The standard InChI is InChI=1S/C13H16N2S/c1-9(2)13-15-11(8-14)12(16-13)10-6-4-3-5-7-10/h3-7,9H,8,14H2,1-2H3. The second-order valence-corrected chi connectivity index (χ2v) is 5.08. The van der Waals surface area contributed by atoms with Crippen molar-refractivity contribution in [1.29, 1.82) is 0 Å². The molecular weight excluding hydrogens is 216 g/mol. The highest BCUT2D eigenvalue weighted by molar-refractivity contribution is 7.15. The van der Waals surface area contributed by atoms with Crippen LogP contribution in [0.3, 0.4) is 0 Å². The summed E-state index contributed by atoms with van der Waals surface area (Å²) >= 11 is 1.75. The van der Waals surface area contributed by atoms with Gasteiger partial charge in [0.2, 0.25) is 0 Å². The zero-order chi connectivity index (χ0) is 11.5. The summed E-state index contributed by atoms with van der Waals surface area (Å²) in [5.41, 5.74) is 7.97. The highest BCUT2D eigenvalue weighted by Crippen LogP contribution is 2.33. The third-order valence-corrected chi connectivity index (χ3v) is 3.88. The zero-order valence-corrected chi connectivity index (χ0v) is 10.4. The smallest absolute Gasteiger partial charge is 0.0960 e. The Balaban J connectivity index is 2.48. The molecule has 1 heterocycles. The molecule has 3 heteroatoms. The van der Waals surface area contributed by atoms with Crippen LogP contribution in [0.5, 0.6) is 0 Å². The van der Waals surface area contributed by atoms with E-state index >= 15 is 0 Å². The van der Waals surface area contributed by atoms with E-state index in [1.807, 2.05) is 18.2 Å². The molecule has 0 amide bonds. The average Bonchev–Trinajstić information content (AvgIpc) is 2.74. The minimum atomic E-state index is 0.466. The molecule has 0 radical (unpaired) electrons. The Morgan fingerprint density at radius 3 is 2.50 bits per heavy atom. The second-order valence-electron chi connectivity index (χ2n) is 4.05. The average molecular weight is 232 g/mol. The van der Waals surface area contributed by atoms with Gasteiger partial charge in [0.05, 0.1) is 15.6 Å². The minimum Gasteiger partial charge on any atom is -0.325 e. The van der Waals surface area contributed by atoms with Crippen molar-refractivity contribution in [1.82, 2.24) is 4.98 Å². The van der Waals surface area contributed by atoms with Crippen LogP contribution in [0.4, 0.5) is 0 Å². The van der Waals surface area contributed by atoms with Crippen LogP contribution >= 0.6 is 11.3 Å². The quantitative estimate of drug-likeness (QED) is 0.881. The van der Waals surface area contributed by atoms with Gasteiger partial charge in [0, 0.05) is 12.5 Å². The molecule has 0 saturated heterocycles. The van der Waals surface area contributed by atoms with Crippen LogP contribution in [0.25, 0.3) is 10.4 Å². The first-order valence-corrected chi connectivity index (χ1v) is 6.29. The number of hydrogen-bond donors (Lipinski definition) is 1. The maximum atomic E-state index is 5.75. The second kappa shape index (κ2) is 4.76. The normalized spacial score (nSPS) is 11.0. The molecule has 2 rings (SSSR count). The van der Waals surface area contributed by atoms with Crippen molar-refractivity contribution in [3.8, 4) is 10.4 Å². The first kappa shape index (κ1) is 11.3. The Morgan fingerprint density at radius 2 is 1.94 bits per heavy atom. The highest BCUT2D eigenvalue weighted by atomic mass is 32.1. The van der Waals surface area contributed by atoms with Crippen molar-refractivity contribution < 1.29 is 0 Å². The number of aromatic nitrogens is 1. The van der Waals surface area contributed by atoms with E-state index in [1.165, 1.54) is 15.4 Å². The van der Waals surface area contributed by atoms with Crippen molar-refractivity contribution in [2.75, 3.05) is 0 Å². The van der Waals surface area contributed by atoms with Crippen LogP contribution in [0, 0.1) is 0 Å². The van der Waals surface area contributed by atoms with Crippen molar-refractivity contribution in [3.63, 3.8) is 0 Å². The molecule has 0 spiro atoms. The Hall–Kier alpha value is -1.19. The Bertz CT molecular complexity index is 460. The molecule has 0 aliphatic rings. The molecular formula is C13H16N2S. The molecule has 0 unspecified atom stereocenters. The summed E-state index contributed by atoms with van der Waals surface area (Å²) in [4.78, 5) is 5.81. The zero-order valence-electron chi connectivity index (χ0n) is 9.60. The van der Waals surface area contributed by atoms with Crippen LogP contribution in [0.1, 0.15) is 30.5 Å². The summed E-state index contributed by atoms with van der Waals surface area (Å²) < 4.78 is 0. The topological polar surface area (TPSA) is 38.9 Å². The van der Waals surface area contributed by atoms with Gasteiger partial charge < -0.3 is 5.73 Å². The molecule has 16 heavy (non-hydrogen) atoms. The van der Waals surface area contributed by atoms with Crippen LogP contribution in [0.2, 0.25) is 0 Å². The molecule has 0 saturated carbocycles. The number of thiazole rings is 1. The van der Waals surface area contributed by atoms with E-state index in [9.17, 15) is 0 Å². The van der Waals surface area contributed by atoms with E-state index in [2.05, 4.69) is 31.0 Å². The van der Waals surface area contributed by atoms with Gasteiger partial charge in [-0.3, -0.25) is 0 Å². The third-order valence-electron chi connectivity index (χ3n) is 2.44. The van der Waals surface area contributed by atoms with Gasteiger partial charge in [-0.15, -0.1) is 11.3 Å². The van der Waals surface area contributed by atoms with Gasteiger partial charge in [-0.2, -0.15) is 0 Å². The third kappa shape index (κ3) is 2.15. The van der Waals surface area contributed by atoms with Gasteiger partial charge in [0.25, 0.3) is 0 Å². The lowest BCUT2D eigenvalue weighted by Crippen LogP contribution is -1.99. The van der Waals surface area contributed by atoms with Crippen molar-refractivity contribution in [3.05, 3.63) is 41.0 Å². The summed E-state index contributed by atoms with van der Waals surface area (Å²) in [6.07, 6.45) is 0. The van der Waals surface area contributed by atoms with Crippen LogP contribution < -0.4 is 5.73 Å². The predicted octanol–water partition coefficient (Wildman–Crippen LogP) is 3.39. The fourth-order valence-electron chi connectivity index (χ4n) is 1.57. The number of nitrogens with two attached hydrogens (primary N) is 1. The van der Waals surface area contributed by atoms with Crippen LogP contribution in [-0.2, 0) is 6.54 Å². The molecule has 2 nitrogen and oxygen atoms in total. The van der Waals surface area contributed by atoms with Crippen molar-refractivity contribution >= 4 is 11.3 Å². The monoisotopic (exact) mass is 232 g/mol. The molecule has 0 aliphatic carbocycles. The van der Waals surface area contributed by atoms with E-state index in [1.54, 1.807) is 11.3 Å². The maximum absolute atomic E-state index is 5.75. The molecule has 1 aromatic heterocycles. The molecule has 84 valence electrons. The van der Waals surface area contributed by atoms with Crippen LogP contribution in [0.15, 0.2) is 30.3 Å². The van der Waals surface area contributed by atoms with E-state index in [0.29, 0.717) is 12.5 Å². The summed E-state index contributed by atoms with van der Waals surface area (Å²) in [6, 6.07) is 10.3. The van der Waals surface area contributed by atoms with Crippen molar-refractivity contribution in [2.45, 2.75) is 26.3 Å². The molecule has 0 atom stereocenters. The molecule has 0 fully saturated rings. The van der Waals surface area contributed by atoms with Gasteiger partial charge in [0.1, 0.15) is 0 Å². The fraction of sp³-hybridized carbons (Fsp3) is 0.308. The Labute approximate surface area is 100 Å². The molecule has 0 aliphatic heterocycles. The van der Waals surface area contributed by atoms with Gasteiger partial charge >= 0.3 is 0 Å². The van der Waals surface area contributed by atoms with Gasteiger partial charge in [-0.05, 0) is 5.56 Å². The van der Waals surface area contributed by atoms with Crippen molar-refractivity contribution in [2.24, 2.45) is 5.73 Å². The molecule has 2 N–H and O–H groups in total. The Morgan fingerprint density at radius 1 is 1.25 bits per heavy atom. The summed E-state index contributed by atoms with van der Waals surface area (Å²) in [5.74, 6) is 0.466. The Kier molecular flexibility index (Phi) is 3.36.